The molecule has 2 aliphatic rings. The van der Waals surface area contributed by atoms with Crippen LogP contribution in [0.2, 0.25) is 0 Å². The number of rotatable bonds is 8. The SMILES string of the molecule is CCC[C@H](NC(=O)[C@@H]1CC=C[C@@H](NC(=O)OCC2c3ccccc3-c3ccccc32)C1)C(=O)O. The Balaban J connectivity index is 1.32. The van der Waals surface area contributed by atoms with Crippen LogP contribution in [0.3, 0.4) is 0 Å². The number of carbonyl (C=O) groups excluding carboxylic acids is 2. The number of fused-ring (bicyclic) bond motifs is 3. The fraction of sp³-hybridized carbons (Fsp3) is 0.370. The maximum absolute atomic E-state index is 12.6. The average molecular weight is 463 g/mol. The summed E-state index contributed by atoms with van der Waals surface area (Å²) in [5.74, 6) is -1.76. The van der Waals surface area contributed by atoms with E-state index in [4.69, 9.17) is 4.74 Å². The van der Waals surface area contributed by atoms with E-state index < -0.39 is 24.0 Å². The summed E-state index contributed by atoms with van der Waals surface area (Å²) < 4.78 is 5.60. The Morgan fingerprint density at radius 3 is 2.32 bits per heavy atom. The molecule has 2 aliphatic carbocycles. The van der Waals surface area contributed by atoms with Crippen LogP contribution < -0.4 is 10.6 Å². The van der Waals surface area contributed by atoms with Gasteiger partial charge in [-0.25, -0.2) is 9.59 Å². The predicted octanol–water partition coefficient (Wildman–Crippen LogP) is 4.23. The molecule has 178 valence electrons. The maximum Gasteiger partial charge on any atom is 0.407 e. The molecule has 0 radical (unpaired) electrons. The van der Waals surface area contributed by atoms with Crippen LogP contribution in [0.4, 0.5) is 4.79 Å². The van der Waals surface area contributed by atoms with Crippen LogP contribution in [-0.2, 0) is 14.3 Å². The molecule has 0 aliphatic heterocycles. The van der Waals surface area contributed by atoms with Gasteiger partial charge >= 0.3 is 12.1 Å². The first-order chi connectivity index (χ1) is 16.5. The summed E-state index contributed by atoms with van der Waals surface area (Å²) in [4.78, 5) is 36.5. The van der Waals surface area contributed by atoms with Gasteiger partial charge in [-0.15, -0.1) is 0 Å². The molecular weight excluding hydrogens is 432 g/mol. The molecule has 0 fully saturated rings. The summed E-state index contributed by atoms with van der Waals surface area (Å²) in [6, 6.07) is 15.1. The summed E-state index contributed by atoms with van der Waals surface area (Å²) in [7, 11) is 0. The van der Waals surface area contributed by atoms with Gasteiger partial charge in [-0.2, -0.15) is 0 Å². The Hall–Kier alpha value is -3.61. The number of hydrogen-bond acceptors (Lipinski definition) is 4. The van der Waals surface area contributed by atoms with Crippen molar-refractivity contribution >= 4 is 18.0 Å². The molecule has 2 amide bonds. The van der Waals surface area contributed by atoms with Gasteiger partial charge in [0.1, 0.15) is 12.6 Å². The fourth-order valence-corrected chi connectivity index (χ4v) is 4.84. The highest BCUT2D eigenvalue weighted by atomic mass is 16.5. The lowest BCUT2D eigenvalue weighted by Gasteiger charge is -2.26. The number of carboxylic acids is 1. The lowest BCUT2D eigenvalue weighted by molar-refractivity contribution is -0.142. The number of hydrogen-bond donors (Lipinski definition) is 3. The molecule has 0 saturated heterocycles. The lowest BCUT2D eigenvalue weighted by Crippen LogP contribution is -2.46. The minimum absolute atomic E-state index is 0.0231. The monoisotopic (exact) mass is 462 g/mol. The first-order valence-electron chi connectivity index (χ1n) is 11.8. The van der Waals surface area contributed by atoms with Crippen LogP contribution >= 0.6 is 0 Å². The van der Waals surface area contributed by atoms with E-state index in [0.29, 0.717) is 25.7 Å². The van der Waals surface area contributed by atoms with Crippen molar-refractivity contribution in [2.45, 2.75) is 50.6 Å². The van der Waals surface area contributed by atoms with E-state index in [9.17, 15) is 19.5 Å². The second kappa shape index (κ2) is 10.5. The maximum atomic E-state index is 12.6. The van der Waals surface area contributed by atoms with Gasteiger partial charge < -0.3 is 20.5 Å². The van der Waals surface area contributed by atoms with Crippen LogP contribution in [0.1, 0.15) is 49.7 Å². The van der Waals surface area contributed by atoms with E-state index in [-0.39, 0.29) is 24.5 Å². The Labute approximate surface area is 199 Å². The molecule has 0 bridgehead atoms. The zero-order chi connectivity index (χ0) is 24.1. The van der Waals surface area contributed by atoms with Crippen molar-refractivity contribution in [3.8, 4) is 11.1 Å². The van der Waals surface area contributed by atoms with Gasteiger partial charge in [-0.3, -0.25) is 4.79 Å². The first kappa shape index (κ1) is 23.5. The summed E-state index contributed by atoms with van der Waals surface area (Å²) in [5, 5.41) is 14.8. The minimum Gasteiger partial charge on any atom is -0.480 e. The van der Waals surface area contributed by atoms with Crippen molar-refractivity contribution in [3.63, 3.8) is 0 Å². The number of aliphatic carboxylic acids is 1. The van der Waals surface area contributed by atoms with Crippen molar-refractivity contribution in [2.75, 3.05) is 6.61 Å². The normalized spacial score (nSPS) is 19.6. The van der Waals surface area contributed by atoms with Gasteiger partial charge in [0, 0.05) is 11.8 Å². The lowest BCUT2D eigenvalue weighted by atomic mass is 9.90. The number of alkyl carbamates (subject to hydrolysis) is 1. The third kappa shape index (κ3) is 5.14. The topological polar surface area (TPSA) is 105 Å². The van der Waals surface area contributed by atoms with E-state index in [1.54, 1.807) is 0 Å². The molecule has 0 heterocycles. The molecule has 0 aromatic heterocycles. The quantitative estimate of drug-likeness (QED) is 0.509. The second-order valence-electron chi connectivity index (χ2n) is 8.86. The van der Waals surface area contributed by atoms with Gasteiger partial charge in [-0.1, -0.05) is 74.0 Å². The Kier molecular flexibility index (Phi) is 7.30. The standard InChI is InChI=1S/C27H30N2O5/c1-2-8-24(26(31)32)29-25(30)17-9-7-10-18(15-17)28-27(33)34-16-23-21-13-5-3-11-19(21)20-12-4-6-14-22(20)23/h3-7,10-14,17-18,23-24H,2,8-9,15-16H2,1H3,(H,28,33)(H,29,30)(H,31,32)/t17-,18-,24+/m1/s1. The molecule has 4 rings (SSSR count). The smallest absolute Gasteiger partial charge is 0.407 e. The van der Waals surface area contributed by atoms with Crippen LogP contribution in [0.5, 0.6) is 0 Å². The van der Waals surface area contributed by atoms with Crippen LogP contribution in [0, 0.1) is 5.92 Å². The number of ether oxygens (including phenoxy) is 1. The average Bonchev–Trinajstić information content (AvgIpc) is 3.16. The zero-order valence-electron chi connectivity index (χ0n) is 19.2. The molecule has 0 spiro atoms. The Bertz CT molecular complexity index is 1050. The van der Waals surface area contributed by atoms with E-state index in [1.165, 1.54) is 11.1 Å². The molecular formula is C27H30N2O5. The molecule has 7 heteroatoms. The highest BCUT2D eigenvalue weighted by Gasteiger charge is 2.31. The fourth-order valence-electron chi connectivity index (χ4n) is 4.84. The minimum atomic E-state index is -1.03. The van der Waals surface area contributed by atoms with Gasteiger partial charge in [0.2, 0.25) is 5.91 Å². The van der Waals surface area contributed by atoms with Gasteiger partial charge in [0.15, 0.2) is 0 Å². The molecule has 2 aromatic rings. The summed E-state index contributed by atoms with van der Waals surface area (Å²) in [6.07, 6.45) is 5.10. The molecule has 0 saturated carbocycles. The Morgan fingerprint density at radius 2 is 1.71 bits per heavy atom. The summed E-state index contributed by atoms with van der Waals surface area (Å²) >= 11 is 0. The number of carbonyl (C=O) groups is 3. The van der Waals surface area contributed by atoms with E-state index in [1.807, 2.05) is 43.3 Å². The van der Waals surface area contributed by atoms with E-state index in [0.717, 1.165) is 11.1 Å². The summed E-state index contributed by atoms with van der Waals surface area (Å²) in [5.41, 5.74) is 4.62. The first-order valence-corrected chi connectivity index (χ1v) is 11.8. The van der Waals surface area contributed by atoms with Crippen molar-refractivity contribution in [3.05, 3.63) is 71.8 Å². The number of allylic oxidation sites excluding steroid dienone is 1. The van der Waals surface area contributed by atoms with Crippen LogP contribution in [0.15, 0.2) is 60.7 Å². The number of benzene rings is 2. The highest BCUT2D eigenvalue weighted by Crippen LogP contribution is 2.44. The van der Waals surface area contributed by atoms with Crippen LogP contribution in [0.25, 0.3) is 11.1 Å². The second-order valence-corrected chi connectivity index (χ2v) is 8.86. The third-order valence-electron chi connectivity index (χ3n) is 6.54. The van der Waals surface area contributed by atoms with Crippen LogP contribution in [-0.4, -0.2) is 41.8 Å². The molecule has 2 aromatic carbocycles. The van der Waals surface area contributed by atoms with Gasteiger partial charge in [-0.05, 0) is 41.5 Å². The van der Waals surface area contributed by atoms with E-state index >= 15 is 0 Å². The van der Waals surface area contributed by atoms with Gasteiger partial charge in [0.25, 0.3) is 0 Å². The summed E-state index contributed by atoms with van der Waals surface area (Å²) in [6.45, 7) is 2.09. The Morgan fingerprint density at radius 1 is 1.06 bits per heavy atom. The number of nitrogens with one attached hydrogen (secondary N) is 2. The molecule has 3 N–H and O–H groups in total. The third-order valence-corrected chi connectivity index (χ3v) is 6.54. The van der Waals surface area contributed by atoms with Gasteiger partial charge in [0.05, 0.1) is 6.04 Å². The molecule has 7 nitrogen and oxygen atoms in total. The van der Waals surface area contributed by atoms with Crippen molar-refractivity contribution in [1.29, 1.82) is 0 Å². The van der Waals surface area contributed by atoms with Crippen molar-refractivity contribution in [2.24, 2.45) is 5.92 Å². The zero-order valence-corrected chi connectivity index (χ0v) is 19.2. The number of amides is 2. The molecule has 0 unspecified atom stereocenters. The van der Waals surface area contributed by atoms with Crippen molar-refractivity contribution < 1.29 is 24.2 Å². The molecule has 3 atom stereocenters. The molecule has 34 heavy (non-hydrogen) atoms. The van der Waals surface area contributed by atoms with Crippen molar-refractivity contribution in [1.82, 2.24) is 10.6 Å². The van der Waals surface area contributed by atoms with E-state index in [2.05, 4.69) is 34.9 Å². The largest absolute Gasteiger partial charge is 0.480 e. The highest BCUT2D eigenvalue weighted by molar-refractivity contribution is 5.85. The predicted molar refractivity (Wildman–Crippen MR) is 128 cm³/mol. The number of carboxylic acid groups (broad SMARTS) is 1.